The Balaban J connectivity index is 2.59. The molecule has 1 heterocycles. The van der Waals surface area contributed by atoms with Crippen molar-refractivity contribution in [2.24, 2.45) is 5.41 Å². The maximum atomic E-state index is 3.81. The molecular formula is C16H33BrN2. The van der Waals surface area contributed by atoms with Crippen molar-refractivity contribution in [2.45, 2.75) is 59.4 Å². The minimum absolute atomic E-state index is 0.498. The highest BCUT2D eigenvalue weighted by molar-refractivity contribution is 9.09. The van der Waals surface area contributed by atoms with Gasteiger partial charge in [-0.2, -0.15) is 0 Å². The van der Waals surface area contributed by atoms with Crippen molar-refractivity contribution in [2.75, 3.05) is 38.1 Å². The molecule has 0 bridgehead atoms. The Labute approximate surface area is 129 Å². The second-order valence-electron chi connectivity index (χ2n) is 6.35. The molecule has 1 aliphatic rings. The van der Waals surface area contributed by atoms with Gasteiger partial charge in [-0.05, 0) is 31.7 Å². The zero-order chi connectivity index (χ0) is 14.3. The predicted molar refractivity (Wildman–Crippen MR) is 89.2 cm³/mol. The van der Waals surface area contributed by atoms with Crippen molar-refractivity contribution in [3.05, 3.63) is 0 Å². The number of hydrogen-bond donors (Lipinski definition) is 0. The Morgan fingerprint density at radius 3 is 2.16 bits per heavy atom. The molecule has 19 heavy (non-hydrogen) atoms. The Hall–Kier alpha value is 0.400. The Morgan fingerprint density at radius 2 is 1.74 bits per heavy atom. The maximum absolute atomic E-state index is 3.81. The molecule has 0 radical (unpaired) electrons. The van der Waals surface area contributed by atoms with E-state index in [0.717, 1.165) is 11.4 Å². The van der Waals surface area contributed by atoms with Crippen molar-refractivity contribution in [1.82, 2.24) is 9.80 Å². The van der Waals surface area contributed by atoms with Gasteiger partial charge in [0.1, 0.15) is 0 Å². The van der Waals surface area contributed by atoms with Crippen LogP contribution < -0.4 is 0 Å². The number of alkyl halides is 1. The largest absolute Gasteiger partial charge is 0.300 e. The molecule has 0 aromatic rings. The summed E-state index contributed by atoms with van der Waals surface area (Å²) < 4.78 is 0. The van der Waals surface area contributed by atoms with Gasteiger partial charge in [0.15, 0.2) is 0 Å². The van der Waals surface area contributed by atoms with Crippen molar-refractivity contribution >= 4 is 15.9 Å². The first-order valence-corrected chi connectivity index (χ1v) is 9.25. The fourth-order valence-electron chi connectivity index (χ4n) is 3.68. The molecule has 0 saturated carbocycles. The van der Waals surface area contributed by atoms with E-state index >= 15 is 0 Å². The molecule has 1 aliphatic heterocycles. The Kier molecular flexibility index (Phi) is 7.93. The Morgan fingerprint density at radius 1 is 1.11 bits per heavy atom. The van der Waals surface area contributed by atoms with Crippen LogP contribution in [0.5, 0.6) is 0 Å². The monoisotopic (exact) mass is 332 g/mol. The molecule has 0 amide bonds. The lowest BCUT2D eigenvalue weighted by molar-refractivity contribution is 0.0540. The summed E-state index contributed by atoms with van der Waals surface area (Å²) in [5, 5.41) is 1.16. The summed E-state index contributed by atoms with van der Waals surface area (Å²) in [5.74, 6) is 0. The molecule has 1 atom stereocenters. The molecule has 1 saturated heterocycles. The zero-order valence-electron chi connectivity index (χ0n) is 13.4. The number of rotatable bonds is 8. The Bertz CT molecular complexity index is 239. The smallest absolute Gasteiger partial charge is 0.0195 e. The maximum Gasteiger partial charge on any atom is 0.0195 e. The van der Waals surface area contributed by atoms with E-state index in [2.05, 4.69) is 53.4 Å². The molecule has 0 spiro atoms. The second kappa shape index (κ2) is 8.63. The first kappa shape index (κ1) is 17.5. The zero-order valence-corrected chi connectivity index (χ0v) is 15.0. The third-order valence-electron chi connectivity index (χ3n) is 4.66. The van der Waals surface area contributed by atoms with Crippen molar-refractivity contribution in [3.8, 4) is 0 Å². The average Bonchev–Trinajstić information content (AvgIpc) is 2.39. The summed E-state index contributed by atoms with van der Waals surface area (Å²) in [5.41, 5.74) is 0.498. The van der Waals surface area contributed by atoms with Gasteiger partial charge in [-0.25, -0.2) is 0 Å². The molecule has 0 aromatic carbocycles. The summed E-state index contributed by atoms with van der Waals surface area (Å²) in [6, 6.07) is 0.718. The fraction of sp³-hybridized carbons (Fsp3) is 1.00. The number of nitrogens with zero attached hydrogens (tertiary/aromatic N) is 2. The van der Waals surface area contributed by atoms with E-state index < -0.39 is 0 Å². The van der Waals surface area contributed by atoms with Gasteiger partial charge in [0, 0.05) is 37.6 Å². The van der Waals surface area contributed by atoms with Gasteiger partial charge in [-0.3, -0.25) is 9.80 Å². The van der Waals surface area contributed by atoms with Crippen LogP contribution in [0.4, 0.5) is 0 Å². The summed E-state index contributed by atoms with van der Waals surface area (Å²) in [6.45, 7) is 15.5. The van der Waals surface area contributed by atoms with Crippen molar-refractivity contribution in [1.29, 1.82) is 0 Å². The second-order valence-corrected chi connectivity index (χ2v) is 6.91. The predicted octanol–water partition coefficient (Wildman–Crippen LogP) is 3.99. The quantitative estimate of drug-likeness (QED) is 0.620. The molecule has 3 heteroatoms. The molecule has 1 rings (SSSR count). The third kappa shape index (κ3) is 5.02. The molecule has 0 aromatic heterocycles. The lowest BCUT2D eigenvalue weighted by Gasteiger charge is -2.44. The number of halogens is 1. The SMILES string of the molecule is CCCC(CBr)(CCC)CN1CCN(CC)C(C)C1. The summed E-state index contributed by atoms with van der Waals surface area (Å²) in [7, 11) is 0. The molecule has 0 aliphatic carbocycles. The molecule has 0 N–H and O–H groups in total. The van der Waals surface area contributed by atoms with Crippen molar-refractivity contribution in [3.63, 3.8) is 0 Å². The van der Waals surface area contributed by atoms with E-state index in [-0.39, 0.29) is 0 Å². The van der Waals surface area contributed by atoms with Gasteiger partial charge in [0.05, 0.1) is 0 Å². The van der Waals surface area contributed by atoms with E-state index in [4.69, 9.17) is 0 Å². The van der Waals surface area contributed by atoms with Crippen LogP contribution in [0.15, 0.2) is 0 Å². The van der Waals surface area contributed by atoms with Gasteiger partial charge in [-0.1, -0.05) is 49.5 Å². The van der Waals surface area contributed by atoms with E-state index in [1.54, 1.807) is 0 Å². The molecule has 1 fully saturated rings. The minimum Gasteiger partial charge on any atom is -0.300 e. The van der Waals surface area contributed by atoms with Gasteiger partial charge in [0.25, 0.3) is 0 Å². The molecule has 2 nitrogen and oxygen atoms in total. The minimum atomic E-state index is 0.498. The van der Waals surface area contributed by atoms with Crippen LogP contribution in [0, 0.1) is 5.41 Å². The summed E-state index contributed by atoms with van der Waals surface area (Å²) in [6.07, 6.45) is 5.31. The summed E-state index contributed by atoms with van der Waals surface area (Å²) in [4.78, 5) is 5.31. The normalized spacial score (nSPS) is 22.9. The van der Waals surface area contributed by atoms with Gasteiger partial charge in [0.2, 0.25) is 0 Å². The molecule has 1 unspecified atom stereocenters. The molecular weight excluding hydrogens is 300 g/mol. The van der Waals surface area contributed by atoms with E-state index in [1.807, 2.05) is 0 Å². The third-order valence-corrected chi connectivity index (χ3v) is 5.85. The highest BCUT2D eigenvalue weighted by Crippen LogP contribution is 2.33. The average molecular weight is 333 g/mol. The number of hydrogen-bond acceptors (Lipinski definition) is 2. The van der Waals surface area contributed by atoms with Gasteiger partial charge < -0.3 is 0 Å². The van der Waals surface area contributed by atoms with Crippen molar-refractivity contribution < 1.29 is 0 Å². The highest BCUT2D eigenvalue weighted by atomic mass is 79.9. The standard InChI is InChI=1S/C16H33BrN2/c1-5-8-16(13-17,9-6-2)14-18-10-11-19(7-3)15(4)12-18/h15H,5-14H2,1-4H3. The van der Waals surface area contributed by atoms with Crippen LogP contribution in [-0.4, -0.2) is 53.9 Å². The van der Waals surface area contributed by atoms with Crippen LogP contribution in [-0.2, 0) is 0 Å². The van der Waals surface area contributed by atoms with Gasteiger partial charge in [-0.15, -0.1) is 0 Å². The van der Waals surface area contributed by atoms with E-state index in [0.29, 0.717) is 5.41 Å². The van der Waals surface area contributed by atoms with Crippen LogP contribution in [0.25, 0.3) is 0 Å². The van der Waals surface area contributed by atoms with Crippen LogP contribution in [0.3, 0.4) is 0 Å². The topological polar surface area (TPSA) is 6.48 Å². The lowest BCUT2D eigenvalue weighted by Crippen LogP contribution is -2.54. The highest BCUT2D eigenvalue weighted by Gasteiger charge is 2.32. The van der Waals surface area contributed by atoms with Crippen LogP contribution in [0.1, 0.15) is 53.4 Å². The van der Waals surface area contributed by atoms with E-state index in [9.17, 15) is 0 Å². The van der Waals surface area contributed by atoms with Gasteiger partial charge >= 0.3 is 0 Å². The first-order valence-electron chi connectivity index (χ1n) is 8.13. The molecule has 114 valence electrons. The first-order chi connectivity index (χ1) is 9.10. The number of likely N-dealkylation sites (N-methyl/N-ethyl adjacent to an activating group) is 1. The van der Waals surface area contributed by atoms with E-state index in [1.165, 1.54) is 58.4 Å². The van der Waals surface area contributed by atoms with Crippen LogP contribution >= 0.6 is 15.9 Å². The lowest BCUT2D eigenvalue weighted by atomic mass is 9.80. The fourth-order valence-corrected chi connectivity index (χ4v) is 4.42. The number of piperazine rings is 1. The van der Waals surface area contributed by atoms with Crippen LogP contribution in [0.2, 0.25) is 0 Å². The summed E-state index contributed by atoms with van der Waals surface area (Å²) >= 11 is 3.81.